The summed E-state index contributed by atoms with van der Waals surface area (Å²) in [6, 6.07) is 10.1. The SMILES string of the molecule is C[C@H](Sc1nnnn1C)C(=O)NC[C@H](C)c1ccccc1. The number of hydrogen-bond acceptors (Lipinski definition) is 5. The Morgan fingerprint density at radius 2 is 2.05 bits per heavy atom. The molecule has 0 radical (unpaired) electrons. The minimum Gasteiger partial charge on any atom is -0.355 e. The molecule has 0 spiro atoms. The van der Waals surface area contributed by atoms with Crippen LogP contribution < -0.4 is 5.32 Å². The Morgan fingerprint density at radius 3 is 2.67 bits per heavy atom. The third kappa shape index (κ3) is 4.29. The maximum absolute atomic E-state index is 12.1. The molecule has 0 bridgehead atoms. The molecule has 0 saturated carbocycles. The lowest BCUT2D eigenvalue weighted by molar-refractivity contribution is -0.120. The molecule has 112 valence electrons. The summed E-state index contributed by atoms with van der Waals surface area (Å²) in [6.07, 6.45) is 0. The number of aryl methyl sites for hydroxylation is 1. The van der Waals surface area contributed by atoms with Crippen LogP contribution in [0.4, 0.5) is 0 Å². The molecule has 2 aromatic rings. The van der Waals surface area contributed by atoms with Gasteiger partial charge in [-0.25, -0.2) is 4.68 Å². The van der Waals surface area contributed by atoms with Crippen LogP contribution in [-0.4, -0.2) is 37.9 Å². The summed E-state index contributed by atoms with van der Waals surface area (Å²) in [5.41, 5.74) is 1.22. The maximum atomic E-state index is 12.1. The average Bonchev–Trinajstić information content (AvgIpc) is 2.90. The fraction of sp³-hybridized carbons (Fsp3) is 0.429. The summed E-state index contributed by atoms with van der Waals surface area (Å²) in [5.74, 6) is 0.273. The molecule has 0 aliphatic carbocycles. The topological polar surface area (TPSA) is 72.7 Å². The van der Waals surface area contributed by atoms with E-state index in [0.29, 0.717) is 11.7 Å². The maximum Gasteiger partial charge on any atom is 0.233 e. The van der Waals surface area contributed by atoms with E-state index in [2.05, 4.69) is 39.9 Å². The van der Waals surface area contributed by atoms with Crippen molar-refractivity contribution in [3.63, 3.8) is 0 Å². The van der Waals surface area contributed by atoms with Crippen LogP contribution in [0, 0.1) is 0 Å². The first-order valence-electron chi connectivity index (χ1n) is 6.79. The van der Waals surface area contributed by atoms with Crippen LogP contribution in [-0.2, 0) is 11.8 Å². The number of aromatic nitrogens is 4. The van der Waals surface area contributed by atoms with Crippen molar-refractivity contribution in [3.05, 3.63) is 35.9 Å². The molecule has 7 heteroatoms. The third-order valence-electron chi connectivity index (χ3n) is 3.18. The first-order valence-corrected chi connectivity index (χ1v) is 7.67. The second-order valence-corrected chi connectivity index (χ2v) is 6.21. The summed E-state index contributed by atoms with van der Waals surface area (Å²) in [6.45, 7) is 4.56. The Bertz CT molecular complexity index is 586. The normalized spacial score (nSPS) is 13.7. The highest BCUT2D eigenvalue weighted by molar-refractivity contribution is 8.00. The number of carbonyl (C=O) groups excluding carboxylic acids is 1. The van der Waals surface area contributed by atoms with Crippen molar-refractivity contribution in [2.24, 2.45) is 7.05 Å². The Morgan fingerprint density at radius 1 is 1.33 bits per heavy atom. The van der Waals surface area contributed by atoms with Crippen molar-refractivity contribution in [2.45, 2.75) is 30.2 Å². The standard InChI is InChI=1S/C14H19N5OS/c1-10(12-7-5-4-6-8-12)9-15-13(20)11(2)21-14-16-17-18-19(14)3/h4-8,10-11H,9H2,1-3H3,(H,15,20)/t10-,11-/m0/s1. The molecule has 1 amide bonds. The highest BCUT2D eigenvalue weighted by Gasteiger charge is 2.18. The highest BCUT2D eigenvalue weighted by Crippen LogP contribution is 2.19. The van der Waals surface area contributed by atoms with E-state index in [-0.39, 0.29) is 17.1 Å². The van der Waals surface area contributed by atoms with Crippen molar-refractivity contribution < 1.29 is 4.79 Å². The number of nitrogens with one attached hydrogen (secondary N) is 1. The van der Waals surface area contributed by atoms with Crippen molar-refractivity contribution in [2.75, 3.05) is 6.54 Å². The molecule has 0 fully saturated rings. The van der Waals surface area contributed by atoms with Gasteiger partial charge in [-0.05, 0) is 28.8 Å². The molecule has 2 atom stereocenters. The predicted molar refractivity (Wildman–Crippen MR) is 82.0 cm³/mol. The van der Waals surface area contributed by atoms with E-state index >= 15 is 0 Å². The summed E-state index contributed by atoms with van der Waals surface area (Å²) in [7, 11) is 1.75. The molecule has 2 rings (SSSR count). The lowest BCUT2D eigenvalue weighted by Crippen LogP contribution is -2.33. The number of rotatable bonds is 6. The van der Waals surface area contributed by atoms with Crippen LogP contribution in [0.15, 0.2) is 35.5 Å². The number of thioether (sulfide) groups is 1. The van der Waals surface area contributed by atoms with Gasteiger partial charge >= 0.3 is 0 Å². The summed E-state index contributed by atoms with van der Waals surface area (Å²) >= 11 is 1.35. The molecule has 1 aromatic carbocycles. The van der Waals surface area contributed by atoms with Gasteiger partial charge in [-0.1, -0.05) is 49.0 Å². The molecular formula is C14H19N5OS. The van der Waals surface area contributed by atoms with Crippen LogP contribution in [0.3, 0.4) is 0 Å². The summed E-state index contributed by atoms with van der Waals surface area (Å²) < 4.78 is 1.56. The minimum atomic E-state index is -0.238. The molecule has 0 aliphatic rings. The van der Waals surface area contributed by atoms with Gasteiger partial charge < -0.3 is 5.32 Å². The molecule has 6 nitrogen and oxygen atoms in total. The van der Waals surface area contributed by atoms with Gasteiger partial charge in [-0.3, -0.25) is 4.79 Å². The second-order valence-electron chi connectivity index (χ2n) is 4.90. The van der Waals surface area contributed by atoms with Gasteiger partial charge in [0.2, 0.25) is 11.1 Å². The van der Waals surface area contributed by atoms with E-state index in [1.807, 2.05) is 25.1 Å². The minimum absolute atomic E-state index is 0.00854. The zero-order chi connectivity index (χ0) is 15.2. The van der Waals surface area contributed by atoms with Crippen molar-refractivity contribution >= 4 is 17.7 Å². The first kappa shape index (κ1) is 15.5. The average molecular weight is 305 g/mol. The Kier molecular flexibility index (Phi) is 5.32. The fourth-order valence-electron chi connectivity index (χ4n) is 1.83. The molecule has 0 saturated heterocycles. The van der Waals surface area contributed by atoms with Gasteiger partial charge in [-0.15, -0.1) is 5.10 Å². The van der Waals surface area contributed by atoms with Crippen molar-refractivity contribution in [1.82, 2.24) is 25.5 Å². The van der Waals surface area contributed by atoms with Crippen LogP contribution in [0.1, 0.15) is 25.3 Å². The van der Waals surface area contributed by atoms with Gasteiger partial charge in [0.1, 0.15) is 0 Å². The smallest absolute Gasteiger partial charge is 0.233 e. The zero-order valence-electron chi connectivity index (χ0n) is 12.4. The van der Waals surface area contributed by atoms with Gasteiger partial charge in [0.15, 0.2) is 0 Å². The number of nitrogens with zero attached hydrogens (tertiary/aromatic N) is 4. The predicted octanol–water partition coefficient (Wildman–Crippen LogP) is 1.61. The van der Waals surface area contributed by atoms with E-state index < -0.39 is 0 Å². The quantitative estimate of drug-likeness (QED) is 0.821. The van der Waals surface area contributed by atoms with Crippen LogP contribution in [0.5, 0.6) is 0 Å². The zero-order valence-corrected chi connectivity index (χ0v) is 13.2. The molecule has 0 aliphatic heterocycles. The molecule has 1 N–H and O–H groups in total. The van der Waals surface area contributed by atoms with E-state index in [0.717, 1.165) is 0 Å². The van der Waals surface area contributed by atoms with E-state index in [4.69, 9.17) is 0 Å². The monoisotopic (exact) mass is 305 g/mol. The number of carbonyl (C=O) groups is 1. The molecule has 1 aromatic heterocycles. The van der Waals surface area contributed by atoms with Gasteiger partial charge in [0, 0.05) is 13.6 Å². The third-order valence-corrected chi connectivity index (χ3v) is 4.31. The number of hydrogen-bond donors (Lipinski definition) is 1. The fourth-order valence-corrected chi connectivity index (χ4v) is 2.61. The molecule has 0 unspecified atom stereocenters. The van der Waals surface area contributed by atoms with E-state index in [9.17, 15) is 4.79 Å². The Labute approximate surface area is 128 Å². The first-order chi connectivity index (χ1) is 10.1. The number of tetrazole rings is 1. The van der Waals surface area contributed by atoms with Crippen LogP contribution in [0.25, 0.3) is 0 Å². The van der Waals surface area contributed by atoms with E-state index in [1.54, 1.807) is 11.7 Å². The molecular weight excluding hydrogens is 286 g/mol. The summed E-state index contributed by atoms with van der Waals surface area (Å²) in [5, 5.41) is 14.5. The van der Waals surface area contributed by atoms with Gasteiger partial charge in [0.25, 0.3) is 0 Å². The second kappa shape index (κ2) is 7.21. The molecule has 1 heterocycles. The van der Waals surface area contributed by atoms with Crippen molar-refractivity contribution in [1.29, 1.82) is 0 Å². The van der Waals surface area contributed by atoms with Crippen LogP contribution >= 0.6 is 11.8 Å². The number of amides is 1. The number of benzene rings is 1. The summed E-state index contributed by atoms with van der Waals surface area (Å²) in [4.78, 5) is 12.1. The van der Waals surface area contributed by atoms with E-state index in [1.165, 1.54) is 17.3 Å². The molecule has 21 heavy (non-hydrogen) atoms. The van der Waals surface area contributed by atoms with Gasteiger partial charge in [-0.2, -0.15) is 0 Å². The van der Waals surface area contributed by atoms with Gasteiger partial charge in [0.05, 0.1) is 5.25 Å². The highest BCUT2D eigenvalue weighted by atomic mass is 32.2. The lowest BCUT2D eigenvalue weighted by atomic mass is 10.0. The largest absolute Gasteiger partial charge is 0.355 e. The Balaban J connectivity index is 1.83. The Hall–Kier alpha value is -1.89. The van der Waals surface area contributed by atoms with Crippen LogP contribution in [0.2, 0.25) is 0 Å². The lowest BCUT2D eigenvalue weighted by Gasteiger charge is -2.15. The van der Waals surface area contributed by atoms with Crippen molar-refractivity contribution in [3.8, 4) is 0 Å².